The fourth-order valence-electron chi connectivity index (χ4n) is 3.20. The number of aromatic amines is 1. The van der Waals surface area contributed by atoms with E-state index < -0.39 is 30.7 Å². The molecule has 1 fully saturated rings. The van der Waals surface area contributed by atoms with Crippen LogP contribution in [0.3, 0.4) is 0 Å². The van der Waals surface area contributed by atoms with Crippen LogP contribution < -0.4 is 5.32 Å². The lowest BCUT2D eigenvalue weighted by Gasteiger charge is -2.27. The summed E-state index contributed by atoms with van der Waals surface area (Å²) in [5, 5.41) is 10.6. The van der Waals surface area contributed by atoms with Crippen molar-refractivity contribution in [2.75, 3.05) is 13.1 Å². The Bertz CT molecular complexity index is 906. The van der Waals surface area contributed by atoms with Gasteiger partial charge >= 0.3 is 6.18 Å². The number of carbonyl (C=O) groups is 2. The molecule has 2 aromatic heterocycles. The Morgan fingerprint density at radius 2 is 2.25 bits per heavy atom. The van der Waals surface area contributed by atoms with Crippen molar-refractivity contribution in [3.05, 3.63) is 22.3 Å². The number of nitrogens with one attached hydrogen (secondary N) is 2. The van der Waals surface area contributed by atoms with Gasteiger partial charge in [0.15, 0.2) is 10.6 Å². The minimum Gasteiger partial charge on any atom is -0.345 e. The van der Waals surface area contributed by atoms with E-state index in [4.69, 9.17) is 12.2 Å². The summed E-state index contributed by atoms with van der Waals surface area (Å²) in [6.45, 7) is 0.510. The Hall–Kier alpha value is -2.21. The maximum Gasteiger partial charge on any atom is 0.405 e. The third kappa shape index (κ3) is 4.27. The summed E-state index contributed by atoms with van der Waals surface area (Å²) in [7, 11) is 0. The molecule has 0 saturated carbocycles. The minimum absolute atomic E-state index is 0.251. The third-order valence-electron chi connectivity index (χ3n) is 4.49. The smallest absolute Gasteiger partial charge is 0.345 e. The molecule has 0 aromatic carbocycles. The lowest BCUT2D eigenvalue weighted by molar-refractivity contribution is -0.145. The van der Waals surface area contributed by atoms with Crippen molar-refractivity contribution in [2.45, 2.75) is 38.0 Å². The van der Waals surface area contributed by atoms with Crippen LogP contribution in [0.1, 0.15) is 25.8 Å². The van der Waals surface area contributed by atoms with E-state index in [1.54, 1.807) is 11.5 Å². The maximum absolute atomic E-state index is 13.1. The quantitative estimate of drug-likeness (QED) is 0.711. The summed E-state index contributed by atoms with van der Waals surface area (Å²) in [6, 6.07) is 1.99. The summed E-state index contributed by atoms with van der Waals surface area (Å²) in [6.07, 6.45) is -3.65. The van der Waals surface area contributed by atoms with Gasteiger partial charge in [0.25, 0.3) is 0 Å². The molecule has 1 aliphatic rings. The van der Waals surface area contributed by atoms with E-state index in [1.807, 2.05) is 22.8 Å². The van der Waals surface area contributed by atoms with Gasteiger partial charge in [0.1, 0.15) is 18.6 Å². The molecule has 2 N–H and O–H groups in total. The number of carbonyl (C=O) groups excluding carboxylic acids is 2. The summed E-state index contributed by atoms with van der Waals surface area (Å²) >= 11 is 6.69. The minimum atomic E-state index is -4.50. The van der Waals surface area contributed by atoms with Crippen LogP contribution in [0.2, 0.25) is 0 Å². The van der Waals surface area contributed by atoms with Gasteiger partial charge in [-0.05, 0) is 43.4 Å². The second-order valence-electron chi connectivity index (χ2n) is 6.40. The largest absolute Gasteiger partial charge is 0.405 e. The van der Waals surface area contributed by atoms with Crippen molar-refractivity contribution < 1.29 is 22.8 Å². The van der Waals surface area contributed by atoms with Gasteiger partial charge in [-0.1, -0.05) is 6.07 Å². The van der Waals surface area contributed by atoms with Crippen LogP contribution in [0.4, 0.5) is 13.2 Å². The van der Waals surface area contributed by atoms with Crippen molar-refractivity contribution in [1.82, 2.24) is 25.0 Å². The summed E-state index contributed by atoms with van der Waals surface area (Å²) in [5.74, 6) is -0.692. The van der Waals surface area contributed by atoms with E-state index in [1.165, 1.54) is 16.2 Å². The Labute approximate surface area is 167 Å². The molecule has 7 nitrogen and oxygen atoms in total. The van der Waals surface area contributed by atoms with Crippen LogP contribution in [0.15, 0.2) is 17.5 Å². The number of rotatable bonds is 5. The Morgan fingerprint density at radius 3 is 2.89 bits per heavy atom. The van der Waals surface area contributed by atoms with E-state index in [-0.39, 0.29) is 10.7 Å². The normalized spacial score (nSPS) is 18.3. The topological polar surface area (TPSA) is 83.0 Å². The Kier molecular flexibility index (Phi) is 5.89. The molecule has 1 aliphatic heterocycles. The molecule has 28 heavy (non-hydrogen) atoms. The zero-order chi connectivity index (χ0) is 20.5. The van der Waals surface area contributed by atoms with Crippen LogP contribution in [0.5, 0.6) is 0 Å². The number of likely N-dealkylation sites (tertiary alicyclic amines) is 1. The van der Waals surface area contributed by atoms with Crippen LogP contribution in [-0.2, 0) is 9.59 Å². The Morgan fingerprint density at radius 1 is 1.50 bits per heavy atom. The van der Waals surface area contributed by atoms with Crippen molar-refractivity contribution >= 4 is 35.4 Å². The molecule has 3 rings (SSSR count). The average Bonchev–Trinajstić information content (AvgIpc) is 3.37. The zero-order valence-electron chi connectivity index (χ0n) is 14.8. The van der Waals surface area contributed by atoms with Crippen LogP contribution in [-0.4, -0.2) is 56.8 Å². The van der Waals surface area contributed by atoms with E-state index in [0.29, 0.717) is 25.2 Å². The summed E-state index contributed by atoms with van der Waals surface area (Å²) in [5.41, 5.74) is 0. The predicted molar refractivity (Wildman–Crippen MR) is 99.2 cm³/mol. The van der Waals surface area contributed by atoms with Gasteiger partial charge in [-0.15, -0.1) is 11.3 Å². The second kappa shape index (κ2) is 8.03. The first-order valence-corrected chi connectivity index (χ1v) is 9.83. The van der Waals surface area contributed by atoms with Crippen molar-refractivity contribution in [3.8, 4) is 10.7 Å². The molecule has 0 aliphatic carbocycles. The van der Waals surface area contributed by atoms with E-state index in [2.05, 4.69) is 10.2 Å². The fourth-order valence-corrected chi connectivity index (χ4v) is 4.20. The molecule has 3 heterocycles. The number of halogens is 3. The van der Waals surface area contributed by atoms with Crippen molar-refractivity contribution in [1.29, 1.82) is 0 Å². The zero-order valence-corrected chi connectivity index (χ0v) is 16.5. The monoisotopic (exact) mass is 433 g/mol. The first-order valence-electron chi connectivity index (χ1n) is 8.55. The number of hydrogen-bond acceptors (Lipinski definition) is 5. The number of H-pyrrole nitrogens is 1. The lowest BCUT2D eigenvalue weighted by atomic mass is 10.2. The van der Waals surface area contributed by atoms with Gasteiger partial charge in [0.05, 0.1) is 4.88 Å². The van der Waals surface area contributed by atoms with Crippen molar-refractivity contribution in [3.63, 3.8) is 0 Å². The average molecular weight is 433 g/mol. The number of thiophene rings is 1. The molecule has 0 radical (unpaired) electrons. The van der Waals surface area contributed by atoms with E-state index in [9.17, 15) is 22.8 Å². The second-order valence-corrected chi connectivity index (χ2v) is 7.73. The van der Waals surface area contributed by atoms with Gasteiger partial charge < -0.3 is 10.2 Å². The molecule has 2 aromatic rings. The Balaban J connectivity index is 1.79. The maximum atomic E-state index is 13.1. The van der Waals surface area contributed by atoms with E-state index >= 15 is 0 Å². The molecule has 2 amide bonds. The number of alkyl halides is 3. The first-order chi connectivity index (χ1) is 13.2. The van der Waals surface area contributed by atoms with Gasteiger partial charge in [0, 0.05) is 6.54 Å². The van der Waals surface area contributed by atoms with Crippen LogP contribution >= 0.6 is 23.6 Å². The number of nitrogens with zero attached hydrogens (tertiary/aromatic N) is 3. The predicted octanol–water partition coefficient (Wildman–Crippen LogP) is 2.90. The third-order valence-corrected chi connectivity index (χ3v) is 5.65. The van der Waals surface area contributed by atoms with Gasteiger partial charge in [-0.3, -0.25) is 19.3 Å². The summed E-state index contributed by atoms with van der Waals surface area (Å²) in [4.78, 5) is 27.4. The van der Waals surface area contributed by atoms with Crippen LogP contribution in [0, 0.1) is 4.77 Å². The van der Waals surface area contributed by atoms with Gasteiger partial charge in [-0.25, -0.2) is 0 Å². The molecular weight excluding hydrogens is 415 g/mol. The molecule has 2 atom stereocenters. The van der Waals surface area contributed by atoms with E-state index in [0.717, 1.165) is 4.88 Å². The van der Waals surface area contributed by atoms with Crippen LogP contribution in [0.25, 0.3) is 10.7 Å². The fraction of sp³-hybridized carbons (Fsp3) is 0.500. The van der Waals surface area contributed by atoms with Gasteiger partial charge in [0.2, 0.25) is 11.8 Å². The molecule has 0 spiro atoms. The lowest BCUT2D eigenvalue weighted by Crippen LogP contribution is -2.49. The molecule has 2 unspecified atom stereocenters. The highest BCUT2D eigenvalue weighted by molar-refractivity contribution is 7.71. The molecule has 1 saturated heterocycles. The SMILES string of the molecule is CC(C(=O)N1CCCC1C(=O)NCC(F)(F)F)n1c(-c2cccs2)n[nH]c1=S. The highest BCUT2D eigenvalue weighted by Crippen LogP contribution is 2.28. The number of aromatic nitrogens is 3. The highest BCUT2D eigenvalue weighted by atomic mass is 32.1. The molecule has 0 bridgehead atoms. The molecule has 152 valence electrons. The number of hydrogen-bond donors (Lipinski definition) is 2. The first kappa shape index (κ1) is 20.5. The molecule has 12 heteroatoms. The summed E-state index contributed by atoms with van der Waals surface area (Å²) < 4.78 is 38.9. The highest BCUT2D eigenvalue weighted by Gasteiger charge is 2.38. The van der Waals surface area contributed by atoms with Gasteiger partial charge in [-0.2, -0.15) is 18.3 Å². The standard InChI is InChI=1S/C16H18F3N5O2S2/c1-9(24-12(21-22-15(24)27)11-5-3-7-28-11)14(26)23-6-2-4-10(23)13(25)20-8-16(17,18)19/h3,5,7,9-10H,2,4,6,8H2,1H3,(H,20,25)(H,22,27). The number of amides is 2. The van der Waals surface area contributed by atoms with Crippen molar-refractivity contribution in [2.24, 2.45) is 0 Å². The molecular formula is C16H18F3N5O2S2.